The topological polar surface area (TPSA) is 78.9 Å². The van der Waals surface area contributed by atoms with Crippen LogP contribution in [0.3, 0.4) is 0 Å². The Balaban J connectivity index is 4.18. The van der Waals surface area contributed by atoms with Crippen LogP contribution in [0.5, 0.6) is 0 Å². The molecule has 1 unspecified atom stereocenters. The van der Waals surface area contributed by atoms with Crippen molar-refractivity contribution in [2.75, 3.05) is 13.2 Å². The molecule has 472 valence electrons. The van der Waals surface area contributed by atoms with Crippen molar-refractivity contribution in [2.45, 2.75) is 386 Å². The zero-order chi connectivity index (χ0) is 58.5. The molecular formula is C75H136O6. The highest BCUT2D eigenvalue weighted by atomic mass is 16.6. The SMILES string of the molecule is CC/C=C\C/C=C\C/C=C\CCCCCCCCCC(=O)OC(COC(=O)CCCCCCC/C=C\C/C=C\CCCCC)COC(=O)CCCCCCCCCCCCCCCCCCCCCCCCCCCCCCCCC. The van der Waals surface area contributed by atoms with Crippen LogP contribution in [0.2, 0.25) is 0 Å². The van der Waals surface area contributed by atoms with Gasteiger partial charge in [-0.2, -0.15) is 0 Å². The van der Waals surface area contributed by atoms with Crippen LogP contribution in [0.4, 0.5) is 0 Å². The van der Waals surface area contributed by atoms with E-state index in [-0.39, 0.29) is 31.1 Å². The van der Waals surface area contributed by atoms with Gasteiger partial charge in [-0.3, -0.25) is 14.4 Å². The molecule has 81 heavy (non-hydrogen) atoms. The van der Waals surface area contributed by atoms with Crippen LogP contribution in [0.1, 0.15) is 380 Å². The molecule has 0 spiro atoms. The lowest BCUT2D eigenvalue weighted by molar-refractivity contribution is -0.167. The minimum Gasteiger partial charge on any atom is -0.462 e. The number of rotatable bonds is 66. The maximum absolute atomic E-state index is 12.9. The maximum atomic E-state index is 12.9. The third kappa shape index (κ3) is 67.8. The lowest BCUT2D eigenvalue weighted by Crippen LogP contribution is -2.30. The number of allylic oxidation sites excluding steroid dienone is 10. The van der Waals surface area contributed by atoms with Crippen molar-refractivity contribution in [1.82, 2.24) is 0 Å². The lowest BCUT2D eigenvalue weighted by Gasteiger charge is -2.18. The average molecular weight is 1130 g/mol. The number of hydrogen-bond donors (Lipinski definition) is 0. The van der Waals surface area contributed by atoms with Gasteiger partial charge >= 0.3 is 17.9 Å². The van der Waals surface area contributed by atoms with Gasteiger partial charge in [-0.25, -0.2) is 0 Å². The van der Waals surface area contributed by atoms with Gasteiger partial charge in [0.05, 0.1) is 0 Å². The Morgan fingerprint density at radius 3 is 0.778 bits per heavy atom. The minimum absolute atomic E-state index is 0.0797. The fourth-order valence-corrected chi connectivity index (χ4v) is 10.7. The van der Waals surface area contributed by atoms with Gasteiger partial charge in [0, 0.05) is 19.3 Å². The molecule has 0 aliphatic rings. The highest BCUT2D eigenvalue weighted by molar-refractivity contribution is 5.71. The first-order valence-corrected chi connectivity index (χ1v) is 35.8. The summed E-state index contributed by atoms with van der Waals surface area (Å²) in [7, 11) is 0. The summed E-state index contributed by atoms with van der Waals surface area (Å²) in [6.45, 7) is 6.54. The second kappa shape index (κ2) is 69.6. The molecule has 0 aromatic carbocycles. The summed E-state index contributed by atoms with van der Waals surface area (Å²) in [4.78, 5) is 38.4. The zero-order valence-corrected chi connectivity index (χ0v) is 54.3. The molecule has 0 fully saturated rings. The molecule has 0 aromatic rings. The van der Waals surface area contributed by atoms with Crippen LogP contribution in [-0.2, 0) is 28.6 Å². The zero-order valence-electron chi connectivity index (χ0n) is 54.3. The molecule has 0 amide bonds. The fraction of sp³-hybridized carbons (Fsp3) is 0.827. The van der Waals surface area contributed by atoms with E-state index >= 15 is 0 Å². The van der Waals surface area contributed by atoms with Crippen LogP contribution >= 0.6 is 0 Å². The number of carbonyl (C=O) groups is 3. The van der Waals surface area contributed by atoms with Gasteiger partial charge in [0.1, 0.15) is 13.2 Å². The normalized spacial score (nSPS) is 12.4. The highest BCUT2D eigenvalue weighted by Gasteiger charge is 2.19. The van der Waals surface area contributed by atoms with Gasteiger partial charge in [0.25, 0.3) is 0 Å². The van der Waals surface area contributed by atoms with Crippen molar-refractivity contribution in [1.29, 1.82) is 0 Å². The Morgan fingerprint density at radius 2 is 0.481 bits per heavy atom. The number of esters is 3. The minimum atomic E-state index is -0.786. The maximum Gasteiger partial charge on any atom is 0.306 e. The second-order valence-corrected chi connectivity index (χ2v) is 24.1. The smallest absolute Gasteiger partial charge is 0.306 e. The van der Waals surface area contributed by atoms with Crippen LogP contribution in [-0.4, -0.2) is 37.2 Å². The van der Waals surface area contributed by atoms with Gasteiger partial charge in [0.2, 0.25) is 0 Å². The van der Waals surface area contributed by atoms with E-state index < -0.39 is 6.10 Å². The number of hydrogen-bond acceptors (Lipinski definition) is 6. The van der Waals surface area contributed by atoms with E-state index in [1.807, 2.05) is 0 Å². The molecule has 0 aromatic heterocycles. The quantitative estimate of drug-likeness (QED) is 0.0261. The summed E-state index contributed by atoms with van der Waals surface area (Å²) in [5, 5.41) is 0. The molecule has 0 rings (SSSR count). The molecule has 0 saturated carbocycles. The van der Waals surface area contributed by atoms with Crippen molar-refractivity contribution in [3.05, 3.63) is 60.8 Å². The Bertz CT molecular complexity index is 1440. The summed E-state index contributed by atoms with van der Waals surface area (Å²) >= 11 is 0. The van der Waals surface area contributed by atoms with Crippen LogP contribution in [0.25, 0.3) is 0 Å². The molecule has 0 aliphatic carbocycles. The summed E-state index contributed by atoms with van der Waals surface area (Å²) in [6.07, 6.45) is 89.8. The van der Waals surface area contributed by atoms with Crippen molar-refractivity contribution < 1.29 is 28.6 Å². The first kappa shape index (κ1) is 78.1. The molecule has 0 aliphatic heterocycles. The van der Waals surface area contributed by atoms with Crippen LogP contribution < -0.4 is 0 Å². The second-order valence-electron chi connectivity index (χ2n) is 24.1. The summed E-state index contributed by atoms with van der Waals surface area (Å²) in [5.74, 6) is -0.883. The Hall–Kier alpha value is -2.89. The van der Waals surface area contributed by atoms with Gasteiger partial charge < -0.3 is 14.2 Å². The largest absolute Gasteiger partial charge is 0.462 e. The van der Waals surface area contributed by atoms with Crippen molar-refractivity contribution in [3.8, 4) is 0 Å². The van der Waals surface area contributed by atoms with E-state index in [9.17, 15) is 14.4 Å². The van der Waals surface area contributed by atoms with E-state index in [2.05, 4.69) is 81.5 Å². The predicted octanol–water partition coefficient (Wildman–Crippen LogP) is 24.7. The Kier molecular flexibility index (Phi) is 67.1. The first-order chi connectivity index (χ1) is 40.0. The Morgan fingerprint density at radius 1 is 0.259 bits per heavy atom. The van der Waals surface area contributed by atoms with Crippen LogP contribution in [0, 0.1) is 0 Å². The monoisotopic (exact) mass is 1130 g/mol. The third-order valence-electron chi connectivity index (χ3n) is 16.0. The summed E-state index contributed by atoms with van der Waals surface area (Å²) in [5.41, 5.74) is 0. The third-order valence-corrected chi connectivity index (χ3v) is 16.0. The molecule has 0 heterocycles. The fourth-order valence-electron chi connectivity index (χ4n) is 10.7. The van der Waals surface area contributed by atoms with E-state index in [1.54, 1.807) is 0 Å². The highest BCUT2D eigenvalue weighted by Crippen LogP contribution is 2.19. The van der Waals surface area contributed by atoms with E-state index in [0.29, 0.717) is 19.3 Å². The molecule has 6 heteroatoms. The molecular weight excluding hydrogens is 997 g/mol. The van der Waals surface area contributed by atoms with E-state index in [1.165, 1.54) is 238 Å². The first-order valence-electron chi connectivity index (χ1n) is 35.8. The van der Waals surface area contributed by atoms with E-state index in [4.69, 9.17) is 14.2 Å². The van der Waals surface area contributed by atoms with Crippen LogP contribution in [0.15, 0.2) is 60.8 Å². The summed E-state index contributed by atoms with van der Waals surface area (Å²) in [6, 6.07) is 0. The molecule has 0 bridgehead atoms. The molecule has 0 N–H and O–H groups in total. The van der Waals surface area contributed by atoms with Crippen molar-refractivity contribution in [2.24, 2.45) is 0 Å². The summed E-state index contributed by atoms with van der Waals surface area (Å²) < 4.78 is 17.0. The predicted molar refractivity (Wildman–Crippen MR) is 353 cm³/mol. The standard InChI is InChI=1S/C75H136O6/c1-4-7-10-13-16-19-22-25-28-30-31-32-33-34-35-36-37-38-39-40-41-42-43-45-47-50-53-56-59-62-65-68-74(77)80-71-72(70-79-73(76)67-64-61-58-55-52-49-46-27-24-21-18-15-12-9-6-3)81-75(78)69-66-63-60-57-54-51-48-44-29-26-23-20-17-14-11-8-5-2/h8,11,17-18,20-21,26-27,29,46,72H,4-7,9-10,12-16,19,22-25,28,30-45,47-71H2,1-3H3/b11-8-,20-17-,21-18-,29-26-,46-27-. The van der Waals surface area contributed by atoms with Gasteiger partial charge in [-0.15, -0.1) is 0 Å². The van der Waals surface area contributed by atoms with Gasteiger partial charge in [-0.1, -0.05) is 338 Å². The lowest BCUT2D eigenvalue weighted by atomic mass is 10.0. The molecule has 6 nitrogen and oxygen atoms in total. The number of carbonyl (C=O) groups excluding carboxylic acids is 3. The van der Waals surface area contributed by atoms with Gasteiger partial charge in [0.15, 0.2) is 6.10 Å². The Labute approximate surface area is 504 Å². The van der Waals surface area contributed by atoms with Crippen molar-refractivity contribution in [3.63, 3.8) is 0 Å². The molecule has 0 saturated heterocycles. The number of ether oxygens (including phenoxy) is 3. The molecule has 1 atom stereocenters. The van der Waals surface area contributed by atoms with Crippen molar-refractivity contribution >= 4 is 17.9 Å². The average Bonchev–Trinajstić information content (AvgIpc) is 3.47. The molecule has 0 radical (unpaired) electrons. The number of unbranched alkanes of at least 4 members (excludes halogenated alkanes) is 45. The van der Waals surface area contributed by atoms with E-state index in [0.717, 1.165) is 103 Å². The van der Waals surface area contributed by atoms with Gasteiger partial charge in [-0.05, 0) is 83.5 Å².